The van der Waals surface area contributed by atoms with Crippen LogP contribution in [0, 0.1) is 0 Å². The first-order valence-corrected chi connectivity index (χ1v) is 6.06. The second-order valence-corrected chi connectivity index (χ2v) is 4.04. The quantitative estimate of drug-likeness (QED) is 0.799. The van der Waals surface area contributed by atoms with Crippen LogP contribution in [-0.2, 0) is 0 Å². The van der Waals surface area contributed by atoms with Crippen LogP contribution in [0.5, 0.6) is 5.88 Å². The highest BCUT2D eigenvalue weighted by molar-refractivity contribution is 9.09. The first-order chi connectivity index (χ1) is 7.76. The number of aromatic nitrogens is 1. The van der Waals surface area contributed by atoms with Gasteiger partial charge in [-0.25, -0.2) is 4.98 Å². The Balaban J connectivity index is 2.67. The minimum atomic E-state index is 0.628. The number of pyridine rings is 1. The van der Waals surface area contributed by atoms with Gasteiger partial charge in [-0.3, -0.25) is 0 Å². The number of nitrogens with zero attached hydrogens (tertiary/aromatic N) is 1. The topological polar surface area (TPSA) is 22.1 Å². The van der Waals surface area contributed by atoms with Crippen LogP contribution in [0.1, 0.15) is 5.56 Å². The average molecular weight is 278 g/mol. The zero-order valence-corrected chi connectivity index (χ0v) is 10.6. The van der Waals surface area contributed by atoms with Gasteiger partial charge in [0.05, 0.1) is 12.6 Å². The van der Waals surface area contributed by atoms with E-state index in [1.54, 1.807) is 7.11 Å². The van der Waals surface area contributed by atoms with Crippen molar-refractivity contribution in [3.05, 3.63) is 42.5 Å². The summed E-state index contributed by atoms with van der Waals surface area (Å²) in [4.78, 5) is 4.46. The van der Waals surface area contributed by atoms with Crippen LogP contribution >= 0.6 is 15.9 Å². The van der Waals surface area contributed by atoms with E-state index in [-0.39, 0.29) is 0 Å². The van der Waals surface area contributed by atoms with Crippen molar-refractivity contribution in [2.75, 3.05) is 12.4 Å². The van der Waals surface area contributed by atoms with Gasteiger partial charge in [-0.15, -0.1) is 0 Å². The Labute approximate surface area is 103 Å². The summed E-state index contributed by atoms with van der Waals surface area (Å²) < 4.78 is 5.28. The molecule has 2 nitrogen and oxygen atoms in total. The van der Waals surface area contributed by atoms with Crippen LogP contribution in [0.2, 0.25) is 0 Å². The van der Waals surface area contributed by atoms with E-state index < -0.39 is 0 Å². The molecule has 1 aromatic heterocycles. The normalized spacial score (nSPS) is 10.4. The molecule has 0 atom stereocenters. The molecule has 16 heavy (non-hydrogen) atoms. The van der Waals surface area contributed by atoms with Gasteiger partial charge in [0, 0.05) is 16.3 Å². The number of hydrogen-bond acceptors (Lipinski definition) is 2. The molecule has 0 bridgehead atoms. The molecule has 0 spiro atoms. The van der Waals surface area contributed by atoms with Crippen LogP contribution in [0.4, 0.5) is 0 Å². The lowest BCUT2D eigenvalue weighted by atomic mass is 10.1. The summed E-state index contributed by atoms with van der Waals surface area (Å²) in [5, 5.41) is 1.81. The van der Waals surface area contributed by atoms with E-state index >= 15 is 0 Å². The molecule has 0 saturated carbocycles. The lowest BCUT2D eigenvalue weighted by Crippen LogP contribution is -1.95. The van der Waals surface area contributed by atoms with Crippen LogP contribution in [0.3, 0.4) is 0 Å². The van der Waals surface area contributed by atoms with Crippen LogP contribution < -0.4 is 4.74 Å². The Hall–Kier alpha value is -1.35. The molecule has 0 saturated heterocycles. The first kappa shape index (κ1) is 11.1. The molecule has 2 rings (SSSR count). The van der Waals surface area contributed by atoms with E-state index in [0.29, 0.717) is 11.2 Å². The molecule has 3 heteroatoms. The molecular formula is C13H12BrNO. The van der Waals surface area contributed by atoms with Gasteiger partial charge in [-0.1, -0.05) is 40.7 Å². The third-order valence-corrected chi connectivity index (χ3v) is 3.10. The van der Waals surface area contributed by atoms with Crippen LogP contribution in [0.25, 0.3) is 16.5 Å². The van der Waals surface area contributed by atoms with Crippen molar-refractivity contribution in [2.24, 2.45) is 0 Å². The zero-order valence-electron chi connectivity index (χ0n) is 9.03. The third kappa shape index (κ3) is 1.95. The number of allylic oxidation sites excluding steroid dienone is 1. The SMILES string of the molecule is C=C(CBr)c1cc2ccccc2nc1OC. The van der Waals surface area contributed by atoms with Gasteiger partial charge in [0.25, 0.3) is 0 Å². The molecule has 0 radical (unpaired) electrons. The van der Waals surface area contributed by atoms with Gasteiger partial charge in [-0.2, -0.15) is 0 Å². The van der Waals surface area contributed by atoms with Crippen molar-refractivity contribution in [1.82, 2.24) is 4.98 Å². The maximum Gasteiger partial charge on any atom is 0.221 e. The maximum atomic E-state index is 5.28. The molecule has 0 aliphatic rings. The minimum Gasteiger partial charge on any atom is -0.481 e. The summed E-state index contributed by atoms with van der Waals surface area (Å²) in [5.74, 6) is 0.628. The lowest BCUT2D eigenvalue weighted by Gasteiger charge is -2.09. The molecule has 0 fully saturated rings. The Morgan fingerprint density at radius 3 is 2.88 bits per heavy atom. The zero-order chi connectivity index (χ0) is 11.5. The second-order valence-electron chi connectivity index (χ2n) is 3.48. The van der Waals surface area contributed by atoms with Crippen molar-refractivity contribution >= 4 is 32.4 Å². The summed E-state index contributed by atoms with van der Waals surface area (Å²) in [6.45, 7) is 3.99. The smallest absolute Gasteiger partial charge is 0.221 e. The van der Waals surface area contributed by atoms with Gasteiger partial charge < -0.3 is 4.74 Å². The van der Waals surface area contributed by atoms with Crippen molar-refractivity contribution in [3.63, 3.8) is 0 Å². The highest BCUT2D eigenvalue weighted by atomic mass is 79.9. The molecule has 2 aromatic rings. The molecule has 0 aliphatic carbocycles. The number of hydrogen-bond donors (Lipinski definition) is 0. The monoisotopic (exact) mass is 277 g/mol. The number of fused-ring (bicyclic) bond motifs is 1. The van der Waals surface area contributed by atoms with E-state index in [0.717, 1.165) is 22.0 Å². The molecule has 1 heterocycles. The Kier molecular flexibility index (Phi) is 3.25. The molecule has 0 N–H and O–H groups in total. The minimum absolute atomic E-state index is 0.628. The van der Waals surface area contributed by atoms with Crippen LogP contribution in [0.15, 0.2) is 36.9 Å². The molecule has 0 unspecified atom stereocenters. The van der Waals surface area contributed by atoms with Gasteiger partial charge >= 0.3 is 0 Å². The summed E-state index contributed by atoms with van der Waals surface area (Å²) >= 11 is 3.40. The number of para-hydroxylation sites is 1. The highest BCUT2D eigenvalue weighted by Gasteiger charge is 2.09. The Morgan fingerprint density at radius 2 is 2.19 bits per heavy atom. The van der Waals surface area contributed by atoms with Gasteiger partial charge in [0.2, 0.25) is 5.88 Å². The Bertz CT molecular complexity index is 536. The van der Waals surface area contributed by atoms with Crippen molar-refractivity contribution in [3.8, 4) is 5.88 Å². The largest absolute Gasteiger partial charge is 0.481 e. The lowest BCUT2D eigenvalue weighted by molar-refractivity contribution is 0.398. The van der Waals surface area contributed by atoms with Gasteiger partial charge in [0.1, 0.15) is 0 Å². The first-order valence-electron chi connectivity index (χ1n) is 4.94. The molecular weight excluding hydrogens is 266 g/mol. The maximum absolute atomic E-state index is 5.28. The van der Waals surface area contributed by atoms with E-state index in [2.05, 4.69) is 33.6 Å². The van der Waals surface area contributed by atoms with Gasteiger partial charge in [0.15, 0.2) is 0 Å². The predicted molar refractivity (Wildman–Crippen MR) is 71.1 cm³/mol. The van der Waals surface area contributed by atoms with E-state index in [4.69, 9.17) is 4.74 Å². The molecule has 0 amide bonds. The van der Waals surface area contributed by atoms with Crippen molar-refractivity contribution in [1.29, 1.82) is 0 Å². The fourth-order valence-corrected chi connectivity index (χ4v) is 1.88. The van der Waals surface area contributed by atoms with Crippen molar-refractivity contribution < 1.29 is 4.74 Å². The molecule has 1 aromatic carbocycles. The molecule has 82 valence electrons. The fourth-order valence-electron chi connectivity index (χ4n) is 1.58. The number of rotatable bonds is 3. The number of benzene rings is 1. The average Bonchev–Trinajstić information content (AvgIpc) is 2.36. The third-order valence-electron chi connectivity index (χ3n) is 2.42. The predicted octanol–water partition coefficient (Wildman–Crippen LogP) is 3.65. The fraction of sp³-hybridized carbons (Fsp3) is 0.154. The van der Waals surface area contributed by atoms with E-state index in [1.165, 1.54) is 0 Å². The number of alkyl halides is 1. The standard InChI is InChI=1S/C13H12BrNO/c1-9(8-14)11-7-10-5-3-4-6-12(10)15-13(11)16-2/h3-7H,1,8H2,2H3. The van der Waals surface area contributed by atoms with Crippen molar-refractivity contribution in [2.45, 2.75) is 0 Å². The van der Waals surface area contributed by atoms with Crippen LogP contribution in [-0.4, -0.2) is 17.4 Å². The van der Waals surface area contributed by atoms with E-state index in [1.807, 2.05) is 24.3 Å². The highest BCUT2D eigenvalue weighted by Crippen LogP contribution is 2.28. The Morgan fingerprint density at radius 1 is 1.44 bits per heavy atom. The molecule has 0 aliphatic heterocycles. The second kappa shape index (κ2) is 4.66. The number of halogens is 1. The number of ether oxygens (including phenoxy) is 1. The summed E-state index contributed by atoms with van der Waals surface area (Å²) in [5.41, 5.74) is 2.86. The van der Waals surface area contributed by atoms with Gasteiger partial charge in [-0.05, 0) is 17.7 Å². The number of methoxy groups -OCH3 is 1. The summed E-state index contributed by atoms with van der Waals surface area (Å²) in [7, 11) is 1.63. The van der Waals surface area contributed by atoms with E-state index in [9.17, 15) is 0 Å². The summed E-state index contributed by atoms with van der Waals surface area (Å²) in [6, 6.07) is 10.0. The summed E-state index contributed by atoms with van der Waals surface area (Å²) in [6.07, 6.45) is 0.